The van der Waals surface area contributed by atoms with E-state index in [0.29, 0.717) is 18.1 Å². The Bertz CT molecular complexity index is 363. The van der Waals surface area contributed by atoms with E-state index < -0.39 is 0 Å². The van der Waals surface area contributed by atoms with Gasteiger partial charge in [-0.1, -0.05) is 0 Å². The van der Waals surface area contributed by atoms with Crippen molar-refractivity contribution < 1.29 is 4.79 Å². The molecule has 0 aromatic carbocycles. The maximum Gasteiger partial charge on any atom is 0.274 e. The van der Waals surface area contributed by atoms with E-state index >= 15 is 0 Å². The molecule has 6 nitrogen and oxygen atoms in total. The second-order valence-corrected chi connectivity index (χ2v) is 4.08. The van der Waals surface area contributed by atoms with Crippen LogP contribution in [0.2, 0.25) is 0 Å². The fourth-order valence-electron chi connectivity index (χ4n) is 1.23. The molecule has 0 radical (unpaired) electrons. The highest BCUT2D eigenvalue weighted by atomic mass is 16.2. The first-order chi connectivity index (χ1) is 8.04. The molecule has 0 unspecified atom stereocenters. The van der Waals surface area contributed by atoms with Crippen molar-refractivity contribution in [3.8, 4) is 0 Å². The largest absolute Gasteiger partial charge is 0.372 e. The van der Waals surface area contributed by atoms with Gasteiger partial charge in [0, 0.05) is 27.2 Å². The lowest BCUT2D eigenvalue weighted by atomic mass is 10.3. The molecule has 6 heteroatoms. The van der Waals surface area contributed by atoms with Gasteiger partial charge in [-0.25, -0.2) is 0 Å². The number of rotatable bonds is 5. The number of nitrogens with one attached hydrogen (secondary N) is 1. The molecule has 1 aromatic heterocycles. The number of aromatic nitrogens is 2. The molecule has 1 heterocycles. The smallest absolute Gasteiger partial charge is 0.274 e. The highest BCUT2D eigenvalue weighted by Crippen LogP contribution is 2.03. The molecule has 0 aliphatic rings. The van der Waals surface area contributed by atoms with Gasteiger partial charge in [-0.3, -0.25) is 4.79 Å². The Kier molecular flexibility index (Phi) is 4.84. The highest BCUT2D eigenvalue weighted by molar-refractivity contribution is 5.92. The van der Waals surface area contributed by atoms with Gasteiger partial charge in [0.15, 0.2) is 5.69 Å². The monoisotopic (exact) mass is 237 g/mol. The first-order valence-corrected chi connectivity index (χ1v) is 5.46. The van der Waals surface area contributed by atoms with E-state index in [-0.39, 0.29) is 5.91 Å². The summed E-state index contributed by atoms with van der Waals surface area (Å²) in [6.07, 6.45) is 0. The van der Waals surface area contributed by atoms with Gasteiger partial charge in [-0.15, -0.1) is 10.2 Å². The fourth-order valence-corrected chi connectivity index (χ4v) is 1.23. The van der Waals surface area contributed by atoms with Gasteiger partial charge in [0.25, 0.3) is 5.91 Å². The zero-order chi connectivity index (χ0) is 12.8. The topological polar surface area (TPSA) is 61.4 Å². The summed E-state index contributed by atoms with van der Waals surface area (Å²) in [5.74, 6) is 0.541. The lowest BCUT2D eigenvalue weighted by Crippen LogP contribution is -2.34. The summed E-state index contributed by atoms with van der Waals surface area (Å²) in [6.45, 7) is 1.49. The Morgan fingerprint density at radius 3 is 2.41 bits per heavy atom. The number of likely N-dealkylation sites (N-methyl/N-ethyl adjacent to an activating group) is 2. The normalized spacial score (nSPS) is 10.4. The van der Waals surface area contributed by atoms with E-state index in [4.69, 9.17) is 0 Å². The molecule has 17 heavy (non-hydrogen) atoms. The Balaban J connectivity index is 2.61. The van der Waals surface area contributed by atoms with Crippen LogP contribution in [0.3, 0.4) is 0 Å². The minimum atomic E-state index is -0.109. The van der Waals surface area contributed by atoms with Gasteiger partial charge in [-0.2, -0.15) is 0 Å². The number of hydrogen-bond acceptors (Lipinski definition) is 5. The SMILES string of the molecule is CNc1ccc(C(=O)N(C)CCN(C)C)nn1. The molecule has 0 spiro atoms. The molecule has 1 rings (SSSR count). The van der Waals surface area contributed by atoms with Crippen molar-refractivity contribution in [1.29, 1.82) is 0 Å². The highest BCUT2D eigenvalue weighted by Gasteiger charge is 2.13. The number of amides is 1. The van der Waals surface area contributed by atoms with Crippen molar-refractivity contribution in [1.82, 2.24) is 20.0 Å². The second kappa shape index (κ2) is 6.15. The molecule has 1 amide bonds. The summed E-state index contributed by atoms with van der Waals surface area (Å²) in [5.41, 5.74) is 0.366. The van der Waals surface area contributed by atoms with Crippen LogP contribution in [-0.4, -0.2) is 67.2 Å². The summed E-state index contributed by atoms with van der Waals surface area (Å²) in [5, 5.41) is 10.6. The van der Waals surface area contributed by atoms with E-state index in [9.17, 15) is 4.79 Å². The molecule has 0 saturated heterocycles. The molecule has 0 fully saturated rings. The maximum atomic E-state index is 11.9. The summed E-state index contributed by atoms with van der Waals surface area (Å²) >= 11 is 0. The van der Waals surface area contributed by atoms with Gasteiger partial charge in [0.2, 0.25) is 0 Å². The summed E-state index contributed by atoms with van der Waals surface area (Å²) in [7, 11) is 7.47. The number of anilines is 1. The third kappa shape index (κ3) is 3.99. The van der Waals surface area contributed by atoms with Crippen LogP contribution in [0.5, 0.6) is 0 Å². The van der Waals surface area contributed by atoms with Crippen molar-refractivity contribution in [2.45, 2.75) is 0 Å². The molecule has 0 aliphatic carbocycles. The number of carbonyl (C=O) groups is 1. The van der Waals surface area contributed by atoms with Crippen LogP contribution in [-0.2, 0) is 0 Å². The third-order valence-corrected chi connectivity index (χ3v) is 2.37. The van der Waals surface area contributed by atoms with Crippen molar-refractivity contribution in [2.24, 2.45) is 0 Å². The Morgan fingerprint density at radius 2 is 1.94 bits per heavy atom. The minimum absolute atomic E-state index is 0.109. The minimum Gasteiger partial charge on any atom is -0.372 e. The quantitative estimate of drug-likeness (QED) is 0.790. The molecule has 0 bridgehead atoms. The molecular formula is C11H19N5O. The predicted molar refractivity (Wildman–Crippen MR) is 67.1 cm³/mol. The number of nitrogens with zero attached hydrogens (tertiary/aromatic N) is 4. The van der Waals surface area contributed by atoms with Crippen molar-refractivity contribution in [3.05, 3.63) is 17.8 Å². The van der Waals surface area contributed by atoms with Crippen LogP contribution < -0.4 is 5.32 Å². The van der Waals surface area contributed by atoms with Gasteiger partial charge in [-0.05, 0) is 26.2 Å². The van der Waals surface area contributed by atoms with E-state index in [1.54, 1.807) is 31.1 Å². The summed E-state index contributed by atoms with van der Waals surface area (Å²) in [4.78, 5) is 15.6. The van der Waals surface area contributed by atoms with Crippen LogP contribution in [0.4, 0.5) is 5.82 Å². The van der Waals surface area contributed by atoms with Crippen molar-refractivity contribution in [2.75, 3.05) is 46.6 Å². The average Bonchev–Trinajstić information content (AvgIpc) is 2.35. The molecular weight excluding hydrogens is 218 g/mol. The zero-order valence-electron chi connectivity index (χ0n) is 10.8. The van der Waals surface area contributed by atoms with E-state index in [1.165, 1.54) is 0 Å². The van der Waals surface area contributed by atoms with Crippen LogP contribution in [0.25, 0.3) is 0 Å². The van der Waals surface area contributed by atoms with Gasteiger partial charge in [0.05, 0.1) is 0 Å². The van der Waals surface area contributed by atoms with E-state index in [0.717, 1.165) is 6.54 Å². The third-order valence-electron chi connectivity index (χ3n) is 2.37. The first-order valence-electron chi connectivity index (χ1n) is 5.46. The maximum absolute atomic E-state index is 11.9. The fraction of sp³-hybridized carbons (Fsp3) is 0.545. The Hall–Kier alpha value is -1.69. The molecule has 1 aromatic rings. The number of hydrogen-bond donors (Lipinski definition) is 1. The van der Waals surface area contributed by atoms with E-state index in [2.05, 4.69) is 15.5 Å². The zero-order valence-corrected chi connectivity index (χ0v) is 10.8. The lowest BCUT2D eigenvalue weighted by molar-refractivity contribution is 0.0779. The number of carbonyl (C=O) groups excluding carboxylic acids is 1. The van der Waals surface area contributed by atoms with Crippen LogP contribution in [0.15, 0.2) is 12.1 Å². The molecule has 0 saturated carbocycles. The average molecular weight is 237 g/mol. The van der Waals surface area contributed by atoms with Crippen LogP contribution >= 0.6 is 0 Å². The van der Waals surface area contributed by atoms with Crippen LogP contribution in [0, 0.1) is 0 Å². The van der Waals surface area contributed by atoms with Gasteiger partial charge >= 0.3 is 0 Å². The second-order valence-electron chi connectivity index (χ2n) is 4.08. The first kappa shape index (κ1) is 13.4. The van der Waals surface area contributed by atoms with Crippen molar-refractivity contribution >= 4 is 11.7 Å². The molecule has 0 aliphatic heterocycles. The van der Waals surface area contributed by atoms with Gasteiger partial charge < -0.3 is 15.1 Å². The Labute approximate surface area is 102 Å². The summed E-state index contributed by atoms with van der Waals surface area (Å²) < 4.78 is 0. The standard InChI is InChI=1S/C11H19N5O/c1-12-10-6-5-9(13-14-10)11(17)16(4)8-7-15(2)3/h5-6H,7-8H2,1-4H3,(H,12,14). The lowest BCUT2D eigenvalue weighted by Gasteiger charge is -2.19. The van der Waals surface area contributed by atoms with Gasteiger partial charge in [0.1, 0.15) is 5.82 Å². The molecule has 1 N–H and O–H groups in total. The summed E-state index contributed by atoms with van der Waals surface area (Å²) in [6, 6.07) is 3.41. The van der Waals surface area contributed by atoms with Crippen LogP contribution in [0.1, 0.15) is 10.5 Å². The molecule has 0 atom stereocenters. The Morgan fingerprint density at radius 1 is 1.24 bits per heavy atom. The van der Waals surface area contributed by atoms with E-state index in [1.807, 2.05) is 19.0 Å². The molecule has 94 valence electrons. The predicted octanol–water partition coefficient (Wildman–Crippen LogP) is 0.152. The van der Waals surface area contributed by atoms with Crippen molar-refractivity contribution in [3.63, 3.8) is 0 Å².